The Hall–Kier alpha value is -1.91. The van der Waals surface area contributed by atoms with Gasteiger partial charge in [0.15, 0.2) is 0 Å². The van der Waals surface area contributed by atoms with Crippen molar-refractivity contribution in [2.45, 2.75) is 0 Å². The van der Waals surface area contributed by atoms with Crippen LogP contribution in [0.3, 0.4) is 0 Å². The molecule has 0 radical (unpaired) electrons. The molecule has 4 nitrogen and oxygen atoms in total. The third kappa shape index (κ3) is 3.85. The van der Waals surface area contributed by atoms with Gasteiger partial charge in [0.1, 0.15) is 5.82 Å². The van der Waals surface area contributed by atoms with Crippen molar-refractivity contribution in [3.63, 3.8) is 0 Å². The van der Waals surface area contributed by atoms with Crippen molar-refractivity contribution in [2.75, 3.05) is 0 Å². The number of benzene rings is 1. The summed E-state index contributed by atoms with van der Waals surface area (Å²) in [5, 5.41) is 6.89. The van der Waals surface area contributed by atoms with Crippen molar-refractivity contribution in [2.24, 2.45) is 5.73 Å². The molecule has 1 aromatic carbocycles. The molecule has 0 saturated heterocycles. The monoisotopic (exact) mass is 185 g/mol. The molecule has 1 rings (SSSR count). The van der Waals surface area contributed by atoms with Crippen LogP contribution in [-0.2, 0) is 4.79 Å². The van der Waals surface area contributed by atoms with Gasteiger partial charge in [-0.15, -0.1) is 0 Å². The van der Waals surface area contributed by atoms with Crippen molar-refractivity contribution in [1.82, 2.24) is 0 Å². The average Bonchev–Trinajstić information content (AvgIpc) is 2.06. The molecule has 0 atom stereocenters. The molecular formula is C8H8FNO3. The zero-order chi connectivity index (χ0) is 10.3. The van der Waals surface area contributed by atoms with Crippen molar-refractivity contribution in [3.05, 3.63) is 35.6 Å². The Morgan fingerprint density at radius 1 is 1.46 bits per heavy atom. The largest absolute Gasteiger partial charge is 0.483 e. The Kier molecular flexibility index (Phi) is 4.87. The van der Waals surface area contributed by atoms with Crippen LogP contribution in [0.4, 0.5) is 4.39 Å². The molecule has 70 valence electrons. The maximum atomic E-state index is 12.5. The lowest BCUT2D eigenvalue weighted by atomic mass is 10.2. The predicted molar refractivity (Wildman–Crippen MR) is 43.6 cm³/mol. The summed E-state index contributed by atoms with van der Waals surface area (Å²) in [6.07, 6.45) is 0. The highest BCUT2D eigenvalue weighted by atomic mass is 19.1. The van der Waals surface area contributed by atoms with E-state index >= 15 is 0 Å². The van der Waals surface area contributed by atoms with Crippen LogP contribution in [0.15, 0.2) is 24.3 Å². The van der Waals surface area contributed by atoms with E-state index in [2.05, 4.69) is 0 Å². The predicted octanol–water partition coefficient (Wildman–Crippen LogP) is 0.625. The lowest BCUT2D eigenvalue weighted by Gasteiger charge is -1.94. The fourth-order valence-corrected chi connectivity index (χ4v) is 0.661. The second-order valence-electron chi connectivity index (χ2n) is 1.95. The highest BCUT2D eigenvalue weighted by Crippen LogP contribution is 2.03. The van der Waals surface area contributed by atoms with E-state index in [-0.39, 0.29) is 12.0 Å². The van der Waals surface area contributed by atoms with Gasteiger partial charge in [-0.05, 0) is 12.1 Å². The van der Waals surface area contributed by atoms with Gasteiger partial charge in [0, 0.05) is 0 Å². The van der Waals surface area contributed by atoms with Gasteiger partial charge in [-0.1, -0.05) is 12.1 Å². The van der Waals surface area contributed by atoms with Crippen LogP contribution in [0.25, 0.3) is 0 Å². The van der Waals surface area contributed by atoms with Gasteiger partial charge in [-0.2, -0.15) is 0 Å². The Morgan fingerprint density at radius 3 is 2.23 bits per heavy atom. The van der Waals surface area contributed by atoms with Crippen LogP contribution in [0.5, 0.6) is 0 Å². The molecule has 5 heteroatoms. The lowest BCUT2D eigenvalue weighted by Crippen LogP contribution is -2.12. The molecule has 0 heterocycles. The number of amides is 1. The first-order valence-electron chi connectivity index (χ1n) is 3.25. The van der Waals surface area contributed by atoms with Crippen LogP contribution in [0.2, 0.25) is 0 Å². The molecular weight excluding hydrogens is 177 g/mol. The van der Waals surface area contributed by atoms with Gasteiger partial charge in [0.05, 0.1) is 5.56 Å². The summed E-state index contributed by atoms with van der Waals surface area (Å²) >= 11 is 0. The second-order valence-corrected chi connectivity index (χ2v) is 1.95. The molecule has 0 aliphatic carbocycles. The topological polar surface area (TPSA) is 80.4 Å². The number of hydrogen-bond donors (Lipinski definition) is 2. The first-order valence-corrected chi connectivity index (χ1v) is 3.25. The van der Waals surface area contributed by atoms with Gasteiger partial charge < -0.3 is 10.8 Å². The van der Waals surface area contributed by atoms with Gasteiger partial charge in [0.2, 0.25) is 0 Å². The number of halogens is 1. The summed E-state index contributed by atoms with van der Waals surface area (Å²) in [6, 6.07) is 5.60. The second kappa shape index (κ2) is 5.70. The summed E-state index contributed by atoms with van der Waals surface area (Å²) in [6.45, 7) is -0.250. The molecule has 0 bridgehead atoms. The van der Waals surface area contributed by atoms with Crippen molar-refractivity contribution < 1.29 is 19.1 Å². The summed E-state index contributed by atoms with van der Waals surface area (Å²) in [4.78, 5) is 18.8. The van der Waals surface area contributed by atoms with Crippen LogP contribution >= 0.6 is 0 Å². The van der Waals surface area contributed by atoms with Crippen molar-refractivity contribution >= 4 is 12.4 Å². The number of nitrogens with two attached hydrogens (primary N) is 1. The lowest BCUT2D eigenvalue weighted by molar-refractivity contribution is -0.122. The molecule has 0 saturated carbocycles. The SMILES string of the molecule is NC(=O)c1ccccc1F.O=CO. The number of carboxylic acid groups (broad SMARTS) is 1. The van der Waals surface area contributed by atoms with Gasteiger partial charge in [-0.3, -0.25) is 9.59 Å². The zero-order valence-electron chi connectivity index (χ0n) is 6.61. The number of rotatable bonds is 1. The molecule has 1 aromatic rings. The highest BCUT2D eigenvalue weighted by molar-refractivity contribution is 5.92. The van der Waals surface area contributed by atoms with Crippen LogP contribution in [0.1, 0.15) is 10.4 Å². The zero-order valence-corrected chi connectivity index (χ0v) is 6.61. The Labute approximate surface area is 73.8 Å². The van der Waals surface area contributed by atoms with E-state index in [0.29, 0.717) is 0 Å². The highest BCUT2D eigenvalue weighted by Gasteiger charge is 2.04. The van der Waals surface area contributed by atoms with Crippen molar-refractivity contribution in [3.8, 4) is 0 Å². The number of carbonyl (C=O) groups excluding carboxylic acids is 1. The average molecular weight is 185 g/mol. The number of primary amides is 1. The Bertz CT molecular complexity index is 301. The fourth-order valence-electron chi connectivity index (χ4n) is 0.661. The molecule has 0 aliphatic rings. The first-order chi connectivity index (χ1) is 6.13. The minimum Gasteiger partial charge on any atom is -0.483 e. The van der Waals surface area contributed by atoms with Crippen LogP contribution in [-0.4, -0.2) is 17.5 Å². The van der Waals surface area contributed by atoms with Crippen molar-refractivity contribution in [1.29, 1.82) is 0 Å². The van der Waals surface area contributed by atoms with Gasteiger partial charge in [0.25, 0.3) is 12.4 Å². The standard InChI is InChI=1S/C7H6FNO.CH2O2/c8-6-4-2-1-3-5(6)7(9)10;2-1-3/h1-4H,(H2,9,10);1H,(H,2,3). The molecule has 0 aliphatic heterocycles. The smallest absolute Gasteiger partial charge is 0.290 e. The third-order valence-corrected chi connectivity index (χ3v) is 1.14. The summed E-state index contributed by atoms with van der Waals surface area (Å²) in [5.74, 6) is -1.31. The van der Waals surface area contributed by atoms with E-state index in [4.69, 9.17) is 15.6 Å². The molecule has 1 amide bonds. The molecule has 0 unspecified atom stereocenters. The van der Waals surface area contributed by atoms with E-state index in [1.54, 1.807) is 6.07 Å². The molecule has 3 N–H and O–H groups in total. The summed E-state index contributed by atoms with van der Waals surface area (Å²) < 4.78 is 12.5. The fraction of sp³-hybridized carbons (Fsp3) is 0. The van der Waals surface area contributed by atoms with Gasteiger partial charge >= 0.3 is 0 Å². The maximum absolute atomic E-state index is 12.5. The quantitative estimate of drug-likeness (QED) is 0.629. The van der Waals surface area contributed by atoms with E-state index in [0.717, 1.165) is 0 Å². The maximum Gasteiger partial charge on any atom is 0.290 e. The molecule has 0 spiro atoms. The Morgan fingerprint density at radius 2 is 1.92 bits per heavy atom. The normalized spacial score (nSPS) is 8.08. The first kappa shape index (κ1) is 11.1. The minimum absolute atomic E-state index is 0.0671. The molecule has 13 heavy (non-hydrogen) atoms. The third-order valence-electron chi connectivity index (χ3n) is 1.14. The van der Waals surface area contributed by atoms with Crippen LogP contribution < -0.4 is 5.73 Å². The minimum atomic E-state index is -0.738. The van der Waals surface area contributed by atoms with E-state index in [9.17, 15) is 9.18 Å². The van der Waals surface area contributed by atoms with E-state index in [1.807, 2.05) is 0 Å². The van der Waals surface area contributed by atoms with Crippen LogP contribution in [0, 0.1) is 5.82 Å². The number of carbonyl (C=O) groups is 2. The van der Waals surface area contributed by atoms with Gasteiger partial charge in [-0.25, -0.2) is 4.39 Å². The van der Waals surface area contributed by atoms with E-state index < -0.39 is 11.7 Å². The summed E-state index contributed by atoms with van der Waals surface area (Å²) in [7, 11) is 0. The number of hydrogen-bond acceptors (Lipinski definition) is 2. The Balaban J connectivity index is 0.000000424. The summed E-state index contributed by atoms with van der Waals surface area (Å²) in [5.41, 5.74) is 4.77. The molecule has 0 aromatic heterocycles. The van der Waals surface area contributed by atoms with E-state index in [1.165, 1.54) is 18.2 Å². The molecule has 0 fully saturated rings.